The summed E-state index contributed by atoms with van der Waals surface area (Å²) in [6.07, 6.45) is -1.10. The van der Waals surface area contributed by atoms with Gasteiger partial charge >= 0.3 is 5.97 Å². The number of ketones is 1. The monoisotopic (exact) mass is 410 g/mol. The summed E-state index contributed by atoms with van der Waals surface area (Å²) < 4.78 is 11.7. The van der Waals surface area contributed by atoms with Crippen molar-refractivity contribution in [3.8, 4) is 0 Å². The molecule has 0 aromatic carbocycles. The van der Waals surface area contributed by atoms with Crippen LogP contribution in [-0.2, 0) is 19.1 Å². The number of hydrogen-bond acceptors (Lipinski definition) is 7. The fourth-order valence-corrected chi connectivity index (χ4v) is 5.15. The normalized spacial score (nSPS) is 44.0. The van der Waals surface area contributed by atoms with E-state index in [4.69, 9.17) is 9.47 Å². The highest BCUT2D eigenvalue weighted by Crippen LogP contribution is 2.43. The van der Waals surface area contributed by atoms with Crippen molar-refractivity contribution in [2.75, 3.05) is 0 Å². The smallest absolute Gasteiger partial charge is 0.337 e. The van der Waals surface area contributed by atoms with Crippen molar-refractivity contribution in [1.29, 1.82) is 0 Å². The first-order valence-corrected chi connectivity index (χ1v) is 10.8. The van der Waals surface area contributed by atoms with Crippen LogP contribution in [0.5, 0.6) is 0 Å². The molecule has 0 aliphatic carbocycles. The van der Waals surface area contributed by atoms with Gasteiger partial charge in [0, 0.05) is 12.3 Å². The zero-order chi connectivity index (χ0) is 21.5. The first-order chi connectivity index (χ1) is 13.6. The van der Waals surface area contributed by atoms with Gasteiger partial charge in [-0.05, 0) is 38.5 Å². The number of aliphatic hydroxyl groups is 3. The van der Waals surface area contributed by atoms with Gasteiger partial charge in [-0.25, -0.2) is 4.79 Å². The molecule has 0 saturated carbocycles. The highest BCUT2D eigenvalue weighted by molar-refractivity contribution is 5.91. The minimum atomic E-state index is -1.27. The summed E-state index contributed by atoms with van der Waals surface area (Å²) in [4.78, 5) is 25.4. The van der Waals surface area contributed by atoms with Crippen LogP contribution in [0.1, 0.15) is 66.2 Å². The third-order valence-corrected chi connectivity index (χ3v) is 6.96. The van der Waals surface area contributed by atoms with Crippen molar-refractivity contribution in [2.24, 2.45) is 17.8 Å². The lowest BCUT2D eigenvalue weighted by atomic mass is 9.82. The summed E-state index contributed by atoms with van der Waals surface area (Å²) in [5.41, 5.74) is -0.342. The van der Waals surface area contributed by atoms with Gasteiger partial charge in [-0.2, -0.15) is 0 Å². The van der Waals surface area contributed by atoms with Gasteiger partial charge in [0.1, 0.15) is 23.8 Å². The molecule has 0 aromatic heterocycles. The number of esters is 1. The minimum Gasteiger partial charge on any atom is -0.511 e. The zero-order valence-corrected chi connectivity index (χ0v) is 17.8. The van der Waals surface area contributed by atoms with E-state index >= 15 is 0 Å². The Morgan fingerprint density at radius 3 is 2.52 bits per heavy atom. The molecule has 4 heterocycles. The number of Topliss-reactive ketones (excluding diaryl/α,β-unsaturated/α-hetero) is 1. The van der Waals surface area contributed by atoms with Gasteiger partial charge in [-0.15, -0.1) is 0 Å². The molecule has 7 heteroatoms. The Morgan fingerprint density at radius 2 is 1.86 bits per heavy atom. The lowest BCUT2D eigenvalue weighted by Crippen LogP contribution is -2.47. The Balaban J connectivity index is 2.00. The number of aliphatic hydroxyl groups excluding tert-OH is 3. The molecule has 0 unspecified atom stereocenters. The van der Waals surface area contributed by atoms with Crippen molar-refractivity contribution < 1.29 is 34.4 Å². The van der Waals surface area contributed by atoms with Crippen LogP contribution in [0.3, 0.4) is 0 Å². The highest BCUT2D eigenvalue weighted by Gasteiger charge is 2.49. The lowest BCUT2D eigenvalue weighted by Gasteiger charge is -2.35. The van der Waals surface area contributed by atoms with Crippen LogP contribution in [0.15, 0.2) is 11.3 Å². The van der Waals surface area contributed by atoms with Gasteiger partial charge in [0.25, 0.3) is 0 Å². The summed E-state index contributed by atoms with van der Waals surface area (Å²) in [5, 5.41) is 32.3. The molecule has 8 atom stereocenters. The fraction of sp³-hybridized carbons (Fsp3) is 0.818. The van der Waals surface area contributed by atoms with E-state index in [9.17, 15) is 24.9 Å². The average Bonchev–Trinajstić information content (AvgIpc) is 2.96. The van der Waals surface area contributed by atoms with E-state index < -0.39 is 47.8 Å². The Kier molecular flexibility index (Phi) is 6.41. The fourth-order valence-electron chi connectivity index (χ4n) is 5.15. The minimum absolute atomic E-state index is 0.0178. The van der Waals surface area contributed by atoms with Crippen molar-refractivity contribution >= 4 is 11.8 Å². The van der Waals surface area contributed by atoms with Gasteiger partial charge in [0.05, 0.1) is 29.3 Å². The molecule has 4 rings (SSSR count). The third kappa shape index (κ3) is 4.23. The van der Waals surface area contributed by atoms with E-state index in [0.717, 1.165) is 6.42 Å². The largest absolute Gasteiger partial charge is 0.511 e. The Hall–Kier alpha value is -1.44. The maximum atomic E-state index is 12.8. The summed E-state index contributed by atoms with van der Waals surface area (Å²) in [7, 11) is 0. The third-order valence-electron chi connectivity index (χ3n) is 6.96. The molecule has 4 aliphatic rings. The van der Waals surface area contributed by atoms with Crippen LogP contribution in [0.4, 0.5) is 0 Å². The van der Waals surface area contributed by atoms with Crippen molar-refractivity contribution in [1.82, 2.24) is 0 Å². The van der Waals surface area contributed by atoms with E-state index in [0.29, 0.717) is 25.7 Å². The van der Waals surface area contributed by atoms with Crippen LogP contribution >= 0.6 is 0 Å². The molecular formula is C22H34O7. The Bertz CT molecular complexity index is 687. The van der Waals surface area contributed by atoms with E-state index in [-0.39, 0.29) is 29.5 Å². The first-order valence-electron chi connectivity index (χ1n) is 10.8. The van der Waals surface area contributed by atoms with Gasteiger partial charge in [-0.1, -0.05) is 27.2 Å². The van der Waals surface area contributed by atoms with Gasteiger partial charge in [0.15, 0.2) is 0 Å². The summed E-state index contributed by atoms with van der Waals surface area (Å²) in [6.45, 7) is 7.41. The second-order valence-electron chi connectivity index (χ2n) is 9.36. The van der Waals surface area contributed by atoms with Gasteiger partial charge in [0.2, 0.25) is 0 Å². The standard InChI is InChI=1S/C22H34O7/c1-5-6-13-16-9-15(23)12(3)17(24)19(26)20-11(2)10-22(4,29-20)8-7-14(18(13)25)21(27)28-16/h11-13,16-17,19-20,24-26H,5-10H2,1-4H3/t11-,12-,13+,16+,17-,19+,20+,22-/m0/s1. The number of hydrogen-bond donors (Lipinski definition) is 3. The number of fused-ring (bicyclic) bond motifs is 7. The molecular weight excluding hydrogens is 376 g/mol. The van der Waals surface area contributed by atoms with E-state index in [1.165, 1.54) is 0 Å². The number of ether oxygens (including phenoxy) is 2. The molecule has 7 nitrogen and oxygen atoms in total. The van der Waals surface area contributed by atoms with E-state index in [1.807, 2.05) is 20.8 Å². The van der Waals surface area contributed by atoms with Crippen molar-refractivity contribution in [3.63, 3.8) is 0 Å². The quantitative estimate of drug-likeness (QED) is 0.599. The Morgan fingerprint density at radius 1 is 1.17 bits per heavy atom. The topological polar surface area (TPSA) is 113 Å². The summed E-state index contributed by atoms with van der Waals surface area (Å²) in [6, 6.07) is 0. The van der Waals surface area contributed by atoms with Gasteiger partial charge < -0.3 is 24.8 Å². The number of carbonyl (C=O) groups is 2. The number of rotatable bonds is 2. The maximum Gasteiger partial charge on any atom is 0.337 e. The Labute approximate surface area is 172 Å². The molecule has 29 heavy (non-hydrogen) atoms. The van der Waals surface area contributed by atoms with Crippen LogP contribution in [0.2, 0.25) is 0 Å². The molecule has 2 fully saturated rings. The first kappa shape index (κ1) is 22.2. The predicted octanol–water partition coefficient (Wildman–Crippen LogP) is 2.43. The number of carbonyl (C=O) groups excluding carboxylic acids is 2. The maximum absolute atomic E-state index is 12.8. The van der Waals surface area contributed by atoms with Crippen molar-refractivity contribution in [2.45, 2.75) is 96.2 Å². The van der Waals surface area contributed by atoms with E-state index in [2.05, 4.69) is 0 Å². The van der Waals surface area contributed by atoms with Gasteiger partial charge in [-0.3, -0.25) is 4.79 Å². The second kappa shape index (κ2) is 8.36. The van der Waals surface area contributed by atoms with Crippen LogP contribution < -0.4 is 0 Å². The summed E-state index contributed by atoms with van der Waals surface area (Å²) in [5.74, 6) is -2.16. The van der Waals surface area contributed by atoms with Crippen molar-refractivity contribution in [3.05, 3.63) is 11.3 Å². The lowest BCUT2D eigenvalue weighted by molar-refractivity contribution is -0.157. The highest BCUT2D eigenvalue weighted by atomic mass is 16.5. The zero-order valence-electron chi connectivity index (χ0n) is 17.8. The molecule has 4 aliphatic heterocycles. The summed E-state index contributed by atoms with van der Waals surface area (Å²) >= 11 is 0. The second-order valence-corrected chi connectivity index (χ2v) is 9.36. The molecule has 2 saturated heterocycles. The van der Waals surface area contributed by atoms with Crippen LogP contribution in [0.25, 0.3) is 0 Å². The van der Waals surface area contributed by atoms with Crippen LogP contribution in [0, 0.1) is 17.8 Å². The van der Waals surface area contributed by atoms with E-state index in [1.54, 1.807) is 6.92 Å². The molecule has 0 spiro atoms. The SMILES string of the molecule is CCC[C@H]1C(O)=C2CC[C@@]3(C)C[C@H](C)[C@@H](O3)[C@H](O)[C@@H](O)[C@@H](C)C(=O)C[C@H]1OC2=O. The molecule has 0 amide bonds. The van der Waals surface area contributed by atoms with Crippen LogP contribution in [-0.4, -0.2) is 57.1 Å². The molecule has 4 bridgehead atoms. The molecule has 0 radical (unpaired) electrons. The molecule has 164 valence electrons. The average molecular weight is 411 g/mol. The predicted molar refractivity (Wildman–Crippen MR) is 105 cm³/mol. The molecule has 0 aromatic rings. The molecule has 3 N–H and O–H groups in total.